The second kappa shape index (κ2) is 31.6. The van der Waals surface area contributed by atoms with Gasteiger partial charge in [0.2, 0.25) is 0 Å². The molecule has 1 saturated heterocycles. The number of benzene rings is 13. The van der Waals surface area contributed by atoms with E-state index in [1.165, 1.54) is 10.8 Å². The third kappa shape index (κ3) is 15.8. The van der Waals surface area contributed by atoms with Crippen LogP contribution in [0.2, 0.25) is 0 Å². The first-order valence-corrected chi connectivity index (χ1v) is 37.1. The van der Waals surface area contributed by atoms with E-state index in [1.54, 1.807) is 0 Å². The zero-order chi connectivity index (χ0) is 75.0. The third-order valence-corrected chi connectivity index (χ3v) is 21.0. The Morgan fingerprint density at radius 2 is 0.587 bits per heavy atom. The van der Waals surface area contributed by atoms with Gasteiger partial charge in [0.15, 0.2) is 28.8 Å². The van der Waals surface area contributed by atoms with Crippen LogP contribution in [0.3, 0.4) is 0 Å². The van der Waals surface area contributed by atoms with Gasteiger partial charge in [-0.2, -0.15) is 5.26 Å². The molecule has 520 valence electrons. The molecule has 0 atom stereocenters. The molecule has 4 heterocycles. The lowest BCUT2D eigenvalue weighted by Crippen LogP contribution is -2.41. The standard InChI is InChI=1S/C56H34N6.C29H26BN3O2.C10H6Br2/c1-58-46-32-30-43(31-33-46)54-35-52(41-12-6-3-7-13-41)60-56(62-54)45-28-24-39(25-29-45)48-15-9-16-49-47(14-8-17-50(48)49)38-22-26-44(27-23-38)55-59-51(40-10-4-2-5-11-40)34-53(61-55)42-20-18-37(36-57)19-21-42;1-28(2)29(3,4)35-30(34-28)23-15-11-22(12-16-23)27-32-25(20-9-7-6-8-10-20)19-26(33-27)21-13-17-24(31-5)18-14-21;11-9-5-1-3-7-8(9)4-2-6-10(7)12/h2-35H;6-19H,1-4H3;1-6H. The quantitative estimate of drug-likeness (QED) is 0.0867. The molecule has 0 bridgehead atoms. The molecule has 16 aromatic rings. The topological polar surface area (TPSA) is 128 Å². The van der Waals surface area contributed by atoms with Gasteiger partial charge in [0, 0.05) is 47.9 Å². The minimum Gasteiger partial charge on any atom is -0.399 e. The molecular weight excluding hydrogens is 1470 g/mol. The van der Waals surface area contributed by atoms with Crippen LogP contribution < -0.4 is 5.46 Å². The van der Waals surface area contributed by atoms with Gasteiger partial charge in [-0.05, 0) is 131 Å². The molecule has 0 unspecified atom stereocenters. The fourth-order valence-corrected chi connectivity index (χ4v) is 14.0. The van der Waals surface area contributed by atoms with Crippen molar-refractivity contribution in [3.05, 3.63) is 365 Å². The van der Waals surface area contributed by atoms with Gasteiger partial charge in [0.1, 0.15) is 0 Å². The molecule has 0 spiro atoms. The second-order valence-corrected chi connectivity index (χ2v) is 28.8. The smallest absolute Gasteiger partial charge is 0.399 e. The van der Waals surface area contributed by atoms with E-state index in [2.05, 4.69) is 209 Å². The number of aromatic nitrogens is 6. The Labute approximate surface area is 651 Å². The van der Waals surface area contributed by atoms with E-state index >= 15 is 0 Å². The van der Waals surface area contributed by atoms with Gasteiger partial charge < -0.3 is 9.31 Å². The predicted molar refractivity (Wildman–Crippen MR) is 449 cm³/mol. The lowest BCUT2D eigenvalue weighted by molar-refractivity contribution is 0.00578. The van der Waals surface area contributed by atoms with Gasteiger partial charge in [-0.15, -0.1) is 0 Å². The summed E-state index contributed by atoms with van der Waals surface area (Å²) in [5.41, 5.74) is 19.9. The molecule has 0 amide bonds. The van der Waals surface area contributed by atoms with Crippen molar-refractivity contribution in [1.82, 2.24) is 29.9 Å². The molecule has 1 fully saturated rings. The summed E-state index contributed by atoms with van der Waals surface area (Å²) < 4.78 is 14.7. The van der Waals surface area contributed by atoms with Gasteiger partial charge in [0.05, 0.1) is 70.1 Å². The third-order valence-electron chi connectivity index (χ3n) is 19.6. The van der Waals surface area contributed by atoms with Crippen molar-refractivity contribution in [1.29, 1.82) is 5.26 Å². The number of fused-ring (bicyclic) bond motifs is 2. The second-order valence-electron chi connectivity index (χ2n) is 27.1. The highest BCUT2D eigenvalue weighted by atomic mass is 79.9. The van der Waals surface area contributed by atoms with Crippen LogP contribution in [-0.4, -0.2) is 48.2 Å². The summed E-state index contributed by atoms with van der Waals surface area (Å²) in [5.74, 6) is 1.90. The number of hydrogen-bond donors (Lipinski definition) is 0. The van der Waals surface area contributed by atoms with Crippen molar-refractivity contribution in [2.75, 3.05) is 0 Å². The zero-order valence-electron chi connectivity index (χ0n) is 59.9. The number of hydrogen-bond acceptors (Lipinski definition) is 9. The van der Waals surface area contributed by atoms with E-state index < -0.39 is 7.12 Å². The SMILES string of the molecule is Brc1cccc2c(Br)cccc12.[C-]#[N+]c1ccc(-c2cc(-c3ccccc3)nc(-c3ccc(-c4cccc5c(-c6ccc(-c7nc(-c8ccccc8)cc(-c8ccc(C#N)cc8)n7)cc6)cccc45)cc3)n2)cc1.[C-]#[N+]c1ccc(-c2cc(-c3ccccc3)nc(-c3ccc(B4OC(C)(C)C(C)(C)O4)cc3)n2)cc1. The number of rotatable bonds is 12. The predicted octanol–water partition coefficient (Wildman–Crippen LogP) is 24.9. The first-order valence-electron chi connectivity index (χ1n) is 35.5. The van der Waals surface area contributed by atoms with Gasteiger partial charge >= 0.3 is 7.12 Å². The highest BCUT2D eigenvalue weighted by molar-refractivity contribution is 9.11. The average molecular weight is 1540 g/mol. The molecule has 0 radical (unpaired) electrons. The Balaban J connectivity index is 0.000000167. The Morgan fingerprint density at radius 3 is 0.908 bits per heavy atom. The average Bonchev–Trinajstić information content (AvgIpc) is 1.69. The van der Waals surface area contributed by atoms with E-state index in [0.717, 1.165) is 132 Å². The number of nitriles is 1. The molecule has 1 aliphatic heterocycles. The lowest BCUT2D eigenvalue weighted by atomic mass is 9.79. The minimum absolute atomic E-state index is 0.388. The maximum Gasteiger partial charge on any atom is 0.494 e. The van der Waals surface area contributed by atoms with Crippen molar-refractivity contribution < 1.29 is 9.31 Å². The van der Waals surface area contributed by atoms with E-state index in [4.69, 9.17) is 52.4 Å². The first kappa shape index (κ1) is 71.6. The highest BCUT2D eigenvalue weighted by Gasteiger charge is 2.51. The van der Waals surface area contributed by atoms with Gasteiger partial charge in [0.25, 0.3) is 0 Å². The highest BCUT2D eigenvalue weighted by Crippen LogP contribution is 2.40. The molecule has 0 aliphatic carbocycles. The largest absolute Gasteiger partial charge is 0.494 e. The molecule has 0 N–H and O–H groups in total. The van der Waals surface area contributed by atoms with Gasteiger partial charge in [-0.3, -0.25) is 0 Å². The fourth-order valence-electron chi connectivity index (χ4n) is 13.0. The summed E-state index contributed by atoms with van der Waals surface area (Å²) in [7, 11) is -0.415. The van der Waals surface area contributed by atoms with Crippen molar-refractivity contribution in [2.24, 2.45) is 0 Å². The minimum atomic E-state index is -0.415. The van der Waals surface area contributed by atoms with Crippen LogP contribution in [0, 0.1) is 24.5 Å². The van der Waals surface area contributed by atoms with E-state index in [0.29, 0.717) is 34.4 Å². The maximum absolute atomic E-state index is 9.36. The normalized spacial score (nSPS) is 12.5. The van der Waals surface area contributed by atoms with Crippen LogP contribution >= 0.6 is 31.9 Å². The number of halogens is 2. The first-order chi connectivity index (χ1) is 53.1. The molecule has 3 aromatic heterocycles. The number of nitrogens with zero attached hydrogens (tertiary/aromatic N) is 9. The fraction of sp³-hybridized carbons (Fsp3) is 0.0632. The molecular formula is C95H66BBr2N9O2. The van der Waals surface area contributed by atoms with Crippen molar-refractivity contribution in [3.8, 4) is 130 Å². The van der Waals surface area contributed by atoms with Crippen molar-refractivity contribution in [2.45, 2.75) is 38.9 Å². The Kier molecular flexibility index (Phi) is 20.8. The summed E-state index contributed by atoms with van der Waals surface area (Å²) in [5, 5.41) is 14.1. The summed E-state index contributed by atoms with van der Waals surface area (Å²) in [4.78, 5) is 36.9. The summed E-state index contributed by atoms with van der Waals surface area (Å²) in [6.07, 6.45) is 0. The summed E-state index contributed by atoms with van der Waals surface area (Å²) in [6, 6.07) is 111. The molecule has 11 nitrogen and oxygen atoms in total. The zero-order valence-corrected chi connectivity index (χ0v) is 63.0. The van der Waals surface area contributed by atoms with E-state index in [-0.39, 0.29) is 11.2 Å². The van der Waals surface area contributed by atoms with Crippen LogP contribution in [0.25, 0.3) is 155 Å². The summed E-state index contributed by atoms with van der Waals surface area (Å²) in [6.45, 7) is 22.8. The van der Waals surface area contributed by atoms with Crippen molar-refractivity contribution in [3.63, 3.8) is 0 Å². The monoisotopic (exact) mass is 1530 g/mol. The van der Waals surface area contributed by atoms with Crippen molar-refractivity contribution >= 4 is 77.4 Å². The molecule has 0 saturated carbocycles. The van der Waals surface area contributed by atoms with Crippen LogP contribution in [0.5, 0.6) is 0 Å². The van der Waals surface area contributed by atoms with Crippen LogP contribution in [-0.2, 0) is 9.31 Å². The van der Waals surface area contributed by atoms with Crippen LogP contribution in [0.1, 0.15) is 33.3 Å². The van der Waals surface area contributed by atoms with E-state index in [1.807, 2.05) is 194 Å². The van der Waals surface area contributed by atoms with Gasteiger partial charge in [-0.1, -0.05) is 317 Å². The Morgan fingerprint density at radius 1 is 0.312 bits per heavy atom. The maximum atomic E-state index is 9.36. The van der Waals surface area contributed by atoms with Gasteiger partial charge in [-0.25, -0.2) is 39.6 Å². The molecule has 109 heavy (non-hydrogen) atoms. The summed E-state index contributed by atoms with van der Waals surface area (Å²) >= 11 is 7.02. The molecule has 14 heteroatoms. The lowest BCUT2D eigenvalue weighted by Gasteiger charge is -2.32. The van der Waals surface area contributed by atoms with Crippen LogP contribution in [0.15, 0.2) is 337 Å². The molecule has 1 aliphatic rings. The Bertz CT molecular complexity index is 5850. The molecule has 13 aromatic carbocycles. The molecule has 17 rings (SSSR count). The van der Waals surface area contributed by atoms with Crippen LogP contribution in [0.4, 0.5) is 11.4 Å². The van der Waals surface area contributed by atoms with E-state index in [9.17, 15) is 5.26 Å². The Hall–Kier alpha value is -13.0.